The van der Waals surface area contributed by atoms with Crippen LogP contribution in [0.5, 0.6) is 0 Å². The van der Waals surface area contributed by atoms with E-state index in [1.807, 2.05) is 55.5 Å². The van der Waals surface area contributed by atoms with Gasteiger partial charge in [0.15, 0.2) is 5.78 Å². The number of hydrogen-bond acceptors (Lipinski definition) is 2. The summed E-state index contributed by atoms with van der Waals surface area (Å²) in [5.41, 5.74) is 3.58. The first-order valence-corrected chi connectivity index (χ1v) is 12.8. The maximum atomic E-state index is 12.2. The fourth-order valence-electron chi connectivity index (χ4n) is 2.42. The van der Waals surface area contributed by atoms with Gasteiger partial charge in [-0.25, -0.2) is 4.21 Å². The van der Waals surface area contributed by atoms with Crippen molar-refractivity contribution in [3.8, 4) is 0 Å². The van der Waals surface area contributed by atoms with Gasteiger partial charge in [-0.3, -0.25) is 4.79 Å². The summed E-state index contributed by atoms with van der Waals surface area (Å²) in [5, 5.41) is 0.812. The molecule has 0 aliphatic heterocycles. The molecule has 0 saturated heterocycles. The zero-order valence-electron chi connectivity index (χ0n) is 20.5. The molecule has 0 heterocycles. The molecule has 3 nitrogen and oxygen atoms in total. The third-order valence-corrected chi connectivity index (χ3v) is 6.24. The minimum atomic E-state index is -1.37. The number of para-hydroxylation sites is 1. The van der Waals surface area contributed by atoms with Crippen molar-refractivity contribution >= 4 is 34.1 Å². The lowest BCUT2D eigenvalue weighted by molar-refractivity contribution is 0.101. The quantitative estimate of drug-likeness (QED) is 0.357. The molecule has 0 aromatic heterocycles. The second-order valence-corrected chi connectivity index (χ2v) is 9.72. The van der Waals surface area contributed by atoms with Crippen molar-refractivity contribution in [2.45, 2.75) is 59.3 Å². The largest absolute Gasteiger partial charge is 0.300 e. The number of hydrogen-bond donors (Lipinski definition) is 1. The van der Waals surface area contributed by atoms with Crippen molar-refractivity contribution in [3.05, 3.63) is 94.5 Å². The Morgan fingerprint density at radius 2 is 1.48 bits per heavy atom. The first-order valence-electron chi connectivity index (χ1n) is 11.3. The molecular weight excluding hydrogens is 450 g/mol. The van der Waals surface area contributed by atoms with E-state index in [4.69, 9.17) is 11.6 Å². The number of benzene rings is 3. The van der Waals surface area contributed by atoms with Crippen LogP contribution < -0.4 is 4.72 Å². The Bertz CT molecular complexity index is 999. The highest BCUT2D eigenvalue weighted by molar-refractivity contribution is 7.86. The molecule has 33 heavy (non-hydrogen) atoms. The smallest absolute Gasteiger partial charge is 0.161 e. The highest BCUT2D eigenvalue weighted by Gasteiger charge is 2.09. The average Bonchev–Trinajstić information content (AvgIpc) is 2.81. The van der Waals surface area contributed by atoms with Gasteiger partial charge in [0, 0.05) is 10.6 Å². The summed E-state index contributed by atoms with van der Waals surface area (Å²) in [4.78, 5) is 12.2. The molecule has 0 spiro atoms. The van der Waals surface area contributed by atoms with Gasteiger partial charge >= 0.3 is 0 Å². The molecule has 5 heteroatoms. The Kier molecular flexibility index (Phi) is 13.4. The van der Waals surface area contributed by atoms with Crippen LogP contribution in [0.25, 0.3) is 0 Å². The molecule has 0 aliphatic carbocycles. The number of ketones is 1. The number of rotatable bonds is 6. The number of Topliss-reactive ketones (excluding diaryl/α,β-unsaturated/α-hetero) is 1. The Morgan fingerprint density at radius 3 is 1.97 bits per heavy atom. The van der Waals surface area contributed by atoms with E-state index in [1.54, 1.807) is 24.3 Å². The summed E-state index contributed by atoms with van der Waals surface area (Å²) in [6.07, 6.45) is 2.39. The molecule has 3 rings (SSSR count). The molecule has 1 N–H and O–H groups in total. The van der Waals surface area contributed by atoms with Crippen LogP contribution in [0.1, 0.15) is 62.5 Å². The zero-order chi connectivity index (χ0) is 24.8. The molecule has 0 amide bonds. The molecule has 0 saturated carbocycles. The van der Waals surface area contributed by atoms with Gasteiger partial charge in [-0.1, -0.05) is 87.7 Å². The lowest BCUT2D eigenvalue weighted by atomic mass is 10.1. The van der Waals surface area contributed by atoms with E-state index < -0.39 is 11.0 Å². The standard InChI is InChI=1S/C15H15NO2S.C8H9Cl.C5H12/c1-11-7-9-13(10-8-11)19(18)16-15-6-4-3-5-14(15)12(2)17;1-2-7-3-5-8(9)6-4-7;1-4-5(2)3/h3-10,16H,1-2H3;3-6H,2H2,1H3;5H,4H2,1-3H3. The molecule has 0 radical (unpaired) electrons. The molecule has 0 fully saturated rings. The first kappa shape index (κ1) is 28.6. The fraction of sp³-hybridized carbons (Fsp3) is 0.321. The van der Waals surface area contributed by atoms with Crippen molar-refractivity contribution in [3.63, 3.8) is 0 Å². The van der Waals surface area contributed by atoms with Crippen LogP contribution in [-0.2, 0) is 17.4 Å². The fourth-order valence-corrected chi connectivity index (χ4v) is 3.42. The number of carbonyl (C=O) groups is 1. The number of aryl methyl sites for hydroxylation is 2. The Balaban J connectivity index is 0.000000321. The summed E-state index contributed by atoms with van der Waals surface area (Å²) in [6, 6.07) is 22.4. The van der Waals surface area contributed by atoms with Gasteiger partial charge in [0.2, 0.25) is 0 Å². The highest BCUT2D eigenvalue weighted by atomic mass is 35.5. The second kappa shape index (κ2) is 15.4. The van der Waals surface area contributed by atoms with Crippen molar-refractivity contribution in [2.75, 3.05) is 4.72 Å². The molecular formula is C28H36ClNO2S. The molecule has 0 bridgehead atoms. The van der Waals surface area contributed by atoms with Gasteiger partial charge < -0.3 is 4.72 Å². The van der Waals surface area contributed by atoms with Gasteiger partial charge in [0.1, 0.15) is 11.0 Å². The SMILES string of the molecule is CC(=O)c1ccccc1NS(=O)c1ccc(C)cc1.CCC(C)C.CCc1ccc(Cl)cc1. The number of nitrogens with one attached hydrogen (secondary N) is 1. The van der Waals surface area contributed by atoms with Crippen LogP contribution >= 0.6 is 11.6 Å². The Hall–Kier alpha value is -2.43. The summed E-state index contributed by atoms with van der Waals surface area (Å²) in [7, 11) is -1.37. The minimum absolute atomic E-state index is 0.0518. The minimum Gasteiger partial charge on any atom is -0.300 e. The van der Waals surface area contributed by atoms with Crippen molar-refractivity contribution in [1.82, 2.24) is 0 Å². The summed E-state index contributed by atoms with van der Waals surface area (Å²) < 4.78 is 15.1. The van der Waals surface area contributed by atoms with Gasteiger partial charge in [-0.05, 0) is 68.1 Å². The summed E-state index contributed by atoms with van der Waals surface area (Å²) in [5.74, 6) is 0.832. The van der Waals surface area contributed by atoms with Gasteiger partial charge in [-0.2, -0.15) is 0 Å². The Labute approximate surface area is 207 Å². The number of anilines is 1. The zero-order valence-corrected chi connectivity index (χ0v) is 22.1. The normalized spacial score (nSPS) is 10.9. The molecule has 0 aliphatic rings. The summed E-state index contributed by atoms with van der Waals surface area (Å²) in [6.45, 7) is 12.2. The monoisotopic (exact) mass is 485 g/mol. The van der Waals surface area contributed by atoms with Gasteiger partial charge in [0.05, 0.1) is 10.6 Å². The molecule has 1 atom stereocenters. The first-order chi connectivity index (χ1) is 15.7. The van der Waals surface area contributed by atoms with Crippen LogP contribution in [0.3, 0.4) is 0 Å². The van der Waals surface area contributed by atoms with E-state index in [1.165, 1.54) is 18.9 Å². The summed E-state index contributed by atoms with van der Waals surface area (Å²) >= 11 is 5.67. The average molecular weight is 486 g/mol. The van der Waals surface area contributed by atoms with E-state index in [9.17, 15) is 9.00 Å². The number of halogens is 1. The van der Waals surface area contributed by atoms with E-state index in [0.717, 1.165) is 22.9 Å². The highest BCUT2D eigenvalue weighted by Crippen LogP contribution is 2.18. The molecule has 1 unspecified atom stereocenters. The van der Waals surface area contributed by atoms with Crippen LogP contribution in [0, 0.1) is 12.8 Å². The third kappa shape index (κ3) is 11.3. The predicted molar refractivity (Wildman–Crippen MR) is 144 cm³/mol. The molecule has 3 aromatic rings. The van der Waals surface area contributed by atoms with Gasteiger partial charge in [-0.15, -0.1) is 0 Å². The predicted octanol–water partition coefficient (Wildman–Crippen LogP) is 8.29. The second-order valence-electron chi connectivity index (χ2n) is 8.07. The van der Waals surface area contributed by atoms with Crippen molar-refractivity contribution in [2.24, 2.45) is 5.92 Å². The van der Waals surface area contributed by atoms with Crippen LogP contribution in [0.15, 0.2) is 77.7 Å². The third-order valence-electron chi connectivity index (χ3n) is 4.88. The maximum Gasteiger partial charge on any atom is 0.161 e. The van der Waals surface area contributed by atoms with E-state index in [-0.39, 0.29) is 5.78 Å². The van der Waals surface area contributed by atoms with Crippen LogP contribution in [0.2, 0.25) is 5.02 Å². The number of carbonyl (C=O) groups excluding carboxylic acids is 1. The van der Waals surface area contributed by atoms with E-state index >= 15 is 0 Å². The van der Waals surface area contributed by atoms with Crippen molar-refractivity contribution < 1.29 is 9.00 Å². The van der Waals surface area contributed by atoms with Crippen LogP contribution in [0.4, 0.5) is 5.69 Å². The molecule has 178 valence electrons. The van der Waals surface area contributed by atoms with E-state index in [0.29, 0.717) is 16.1 Å². The maximum absolute atomic E-state index is 12.2. The van der Waals surface area contributed by atoms with Crippen LogP contribution in [-0.4, -0.2) is 9.99 Å². The molecule has 3 aromatic carbocycles. The lowest BCUT2D eigenvalue weighted by Crippen LogP contribution is -2.08. The lowest BCUT2D eigenvalue weighted by Gasteiger charge is -2.09. The van der Waals surface area contributed by atoms with Crippen molar-refractivity contribution in [1.29, 1.82) is 0 Å². The Morgan fingerprint density at radius 1 is 0.939 bits per heavy atom. The van der Waals surface area contributed by atoms with E-state index in [2.05, 4.69) is 32.4 Å². The van der Waals surface area contributed by atoms with Gasteiger partial charge in [0.25, 0.3) is 0 Å². The topological polar surface area (TPSA) is 46.2 Å².